The van der Waals surface area contributed by atoms with E-state index in [1.165, 1.54) is 6.92 Å². The maximum atomic E-state index is 13.4. The number of hydrogen-bond acceptors (Lipinski definition) is 49. The lowest BCUT2D eigenvalue weighted by atomic mass is 9.93. The molecule has 0 unspecified atom stereocenters. The van der Waals surface area contributed by atoms with E-state index in [4.69, 9.17) is 90.0 Å². The highest BCUT2D eigenvalue weighted by atomic mass is 16.8. The highest BCUT2D eigenvalue weighted by molar-refractivity contribution is 5.74. The van der Waals surface area contributed by atoms with E-state index in [1.54, 1.807) is 0 Å². The van der Waals surface area contributed by atoms with Crippen LogP contribution in [0.2, 0.25) is 0 Å². The quantitative estimate of drug-likeness (QED) is 0.0306. The van der Waals surface area contributed by atoms with Gasteiger partial charge < -0.3 is 244 Å². The molecule has 10 fully saturated rings. The van der Waals surface area contributed by atoms with Gasteiger partial charge in [-0.3, -0.25) is 19.2 Å². The Morgan fingerprint density at radius 1 is 0.233 bits per heavy atom. The predicted molar refractivity (Wildman–Crippen MR) is 369 cm³/mol. The second-order valence-corrected chi connectivity index (χ2v) is 30.5. The molecule has 10 aliphatic heterocycles. The number of ether oxygens (including phenoxy) is 19. The molecule has 694 valence electrons. The number of carbonyl (C=O) groups excluding carboxylic acids is 4. The van der Waals surface area contributed by atoms with E-state index in [0.29, 0.717) is 0 Å². The zero-order valence-corrected chi connectivity index (χ0v) is 64.7. The molecule has 0 bridgehead atoms. The standard InChI is InChI=1S/C67H112N4O49/c1-15-33(84)41(92)46(97)63(103-15)118-55-31(70-18(4)82)58(101)104-27(13-79)53(55)116-60-30(69-17(3)81)40(91)50(24(10-76)109-60)115-67-57(120-64-45(96)36(87)22(8-74)108-64)56(38(89)28(112-67)14-102-62-48(99)43(94)51(25(11-77)110-62)113-59-29(68-16(2)80)39(90)34(85)20(6-72)105-59)119-66-49(100)44(95)52(26(12-78)111-66)114-61-32(71-19(5)83)54(37(88)23(9-75)106-61)117-65-47(98)42(93)35(86)21(7-73)107-65/h15,20-67,72-79,84-101H,6-14H2,1-5H3,(H,68,80)(H,69,81)(H,70,82)(H,71,83)/t15-,20+,21+,22+,23+,24+,25+,26+,27+,28+,29+,30+,31+,32+,33+,34+,35-,36-,37+,38+,39+,40+,41+,42-,43+,44+,45+,46-,47+,48-,49-,50+,51+,52+,53+,54+,55+,56-,57-,58+,59-,60-,61-,62-,63-,64-,65-,66+,67-/m0/s1. The molecule has 0 saturated carbocycles. The van der Waals surface area contributed by atoms with Crippen molar-refractivity contribution in [1.29, 1.82) is 0 Å². The fourth-order valence-electron chi connectivity index (χ4n) is 15.7. The summed E-state index contributed by atoms with van der Waals surface area (Å²) in [4.78, 5) is 51.4. The van der Waals surface area contributed by atoms with Crippen molar-refractivity contribution >= 4 is 23.6 Å². The van der Waals surface area contributed by atoms with Crippen LogP contribution in [0.25, 0.3) is 0 Å². The molecule has 53 heteroatoms. The Labute approximate surface area is 679 Å². The lowest BCUT2D eigenvalue weighted by Crippen LogP contribution is -2.71. The highest BCUT2D eigenvalue weighted by Gasteiger charge is 2.62. The number of hydrogen-bond donors (Lipinski definition) is 30. The van der Waals surface area contributed by atoms with Crippen molar-refractivity contribution in [1.82, 2.24) is 21.3 Å². The number of aliphatic hydroxyl groups is 26. The number of aliphatic hydroxyl groups excluding tert-OH is 26. The first-order chi connectivity index (χ1) is 56.8. The monoisotopic (exact) mass is 1760 g/mol. The summed E-state index contributed by atoms with van der Waals surface area (Å²) in [5, 5.41) is 300. The summed E-state index contributed by atoms with van der Waals surface area (Å²) in [6, 6.07) is -7.37. The molecular formula is C67H112N4O49. The molecule has 49 atom stereocenters. The van der Waals surface area contributed by atoms with Crippen molar-refractivity contribution in [2.75, 3.05) is 59.5 Å². The number of amides is 4. The van der Waals surface area contributed by atoms with E-state index < -0.39 is 384 Å². The zero-order chi connectivity index (χ0) is 88.2. The lowest BCUT2D eigenvalue weighted by Gasteiger charge is -2.52. The first kappa shape index (κ1) is 98.3. The minimum atomic E-state index is -2.58. The first-order valence-corrected chi connectivity index (χ1v) is 38.4. The van der Waals surface area contributed by atoms with Gasteiger partial charge in [0, 0.05) is 27.7 Å². The summed E-state index contributed by atoms with van der Waals surface area (Å²) < 4.78 is 114. The molecule has 10 rings (SSSR count). The second-order valence-electron chi connectivity index (χ2n) is 30.5. The maximum absolute atomic E-state index is 13.4. The number of carbonyl (C=O) groups is 4. The van der Waals surface area contributed by atoms with Crippen LogP contribution in [-0.4, -0.2) is 517 Å². The molecule has 0 aromatic rings. The average Bonchev–Trinajstić information content (AvgIpc) is 1.14. The minimum Gasteiger partial charge on any atom is -0.394 e. The van der Waals surface area contributed by atoms with Gasteiger partial charge in [0.2, 0.25) is 23.6 Å². The van der Waals surface area contributed by atoms with Crippen LogP contribution >= 0.6 is 0 Å². The third-order valence-corrected chi connectivity index (χ3v) is 22.1. The normalized spacial score (nSPS) is 49.6. The fraction of sp³-hybridized carbons (Fsp3) is 0.940. The molecule has 0 aromatic heterocycles. The molecule has 10 aliphatic rings. The summed E-state index contributed by atoms with van der Waals surface area (Å²) in [5.41, 5.74) is 0. The Balaban J connectivity index is 1.00. The van der Waals surface area contributed by atoms with Gasteiger partial charge in [-0.05, 0) is 6.92 Å². The number of nitrogens with one attached hydrogen (secondary N) is 4. The Bertz CT molecular complexity index is 3230. The summed E-state index contributed by atoms with van der Waals surface area (Å²) in [6.45, 7) is -4.93. The predicted octanol–water partition coefficient (Wildman–Crippen LogP) is -20.6. The fourth-order valence-corrected chi connectivity index (χ4v) is 15.7. The summed E-state index contributed by atoms with van der Waals surface area (Å²) >= 11 is 0. The average molecular weight is 1760 g/mol. The van der Waals surface area contributed by atoms with Gasteiger partial charge in [0.1, 0.15) is 232 Å². The van der Waals surface area contributed by atoms with Crippen LogP contribution in [0, 0.1) is 0 Å². The van der Waals surface area contributed by atoms with E-state index in [0.717, 1.165) is 27.7 Å². The molecule has 10 heterocycles. The van der Waals surface area contributed by atoms with Gasteiger partial charge in [-0.1, -0.05) is 0 Å². The Kier molecular flexibility index (Phi) is 35.0. The van der Waals surface area contributed by atoms with Gasteiger partial charge in [0.05, 0.1) is 65.6 Å². The molecule has 120 heavy (non-hydrogen) atoms. The summed E-state index contributed by atoms with van der Waals surface area (Å²) in [6.07, 6.45) is -93.2. The van der Waals surface area contributed by atoms with Crippen molar-refractivity contribution in [3.8, 4) is 0 Å². The maximum Gasteiger partial charge on any atom is 0.217 e. The smallest absolute Gasteiger partial charge is 0.217 e. The Hall–Kier alpha value is -3.92. The third kappa shape index (κ3) is 21.4. The van der Waals surface area contributed by atoms with Gasteiger partial charge in [-0.15, -0.1) is 0 Å². The summed E-state index contributed by atoms with van der Waals surface area (Å²) in [5.74, 6) is -3.62. The molecule has 53 nitrogen and oxygen atoms in total. The van der Waals surface area contributed by atoms with E-state index in [9.17, 15) is 152 Å². The van der Waals surface area contributed by atoms with E-state index >= 15 is 0 Å². The van der Waals surface area contributed by atoms with Crippen LogP contribution in [-0.2, 0) is 109 Å². The lowest BCUT2D eigenvalue weighted by molar-refractivity contribution is -0.403. The molecule has 4 amide bonds. The van der Waals surface area contributed by atoms with Crippen LogP contribution in [0.5, 0.6) is 0 Å². The first-order valence-electron chi connectivity index (χ1n) is 38.4. The topological polar surface area (TPSA) is 818 Å². The minimum absolute atomic E-state index is 0.810. The molecular weight excluding hydrogens is 1640 g/mol. The molecule has 0 radical (unpaired) electrons. The zero-order valence-electron chi connectivity index (χ0n) is 64.7. The van der Waals surface area contributed by atoms with Gasteiger partial charge >= 0.3 is 0 Å². The van der Waals surface area contributed by atoms with Crippen LogP contribution in [0.4, 0.5) is 0 Å². The van der Waals surface area contributed by atoms with E-state index in [2.05, 4.69) is 21.3 Å². The van der Waals surface area contributed by atoms with E-state index in [1.807, 2.05) is 0 Å². The van der Waals surface area contributed by atoms with Crippen molar-refractivity contribution < 1.29 is 242 Å². The van der Waals surface area contributed by atoms with Crippen LogP contribution in [0.15, 0.2) is 0 Å². The van der Waals surface area contributed by atoms with Gasteiger partial charge in [0.15, 0.2) is 62.9 Å². The largest absolute Gasteiger partial charge is 0.394 e. The molecule has 30 N–H and O–H groups in total. The van der Waals surface area contributed by atoms with Gasteiger partial charge in [-0.25, -0.2) is 0 Å². The summed E-state index contributed by atoms with van der Waals surface area (Å²) in [7, 11) is 0. The van der Waals surface area contributed by atoms with Crippen molar-refractivity contribution in [2.45, 2.75) is 335 Å². The van der Waals surface area contributed by atoms with Crippen LogP contribution in [0.3, 0.4) is 0 Å². The van der Waals surface area contributed by atoms with Crippen LogP contribution < -0.4 is 21.3 Å². The molecule has 0 aromatic carbocycles. The molecule has 10 saturated heterocycles. The van der Waals surface area contributed by atoms with Crippen LogP contribution in [0.1, 0.15) is 34.6 Å². The number of rotatable bonds is 31. The second kappa shape index (κ2) is 42.8. The Morgan fingerprint density at radius 2 is 0.525 bits per heavy atom. The Morgan fingerprint density at radius 3 is 1.02 bits per heavy atom. The van der Waals surface area contributed by atoms with Crippen molar-refractivity contribution in [2.24, 2.45) is 0 Å². The molecule has 0 aliphatic carbocycles. The SMILES string of the molecule is CC(=O)N[C@@H]1[C@@H](O[C@@H]2O[C@@H](C)[C@@H](O)[C@@H](O)[C@@H]2O)[C@H](O[C@@H]2O[C@H](CO)[C@@H](O[C@@H]3O[C@H](CO[C@H]4O[C@H](CO)[C@@H](O[C@@H]5O[C@H](CO)[C@@H](O)[C@H](O)[C@H]5NC(C)=O)[C@H](O)[C@@H]4O)[C@@H](O)[C@H](O[C@H]4O[C@H](CO)[C@@H](O[C@@H]5O[C@H](CO)[C@@H](O)[C@H](O[C@@H]6O[C@H](CO)[C@H](O)[C@H](O)[C@H]6O)[C@H]5NC(C)=O)[C@H](O)[C@@H]4O)[C@@H]3O[C@@H]3O[C@H](CO)[C@H](O)[C@H]3O)[C@H](O)[C@H]2NC(C)=O)[C@@H](CO)O[C@H]1O. The van der Waals surface area contributed by atoms with Crippen molar-refractivity contribution in [3.05, 3.63) is 0 Å². The van der Waals surface area contributed by atoms with Gasteiger partial charge in [-0.2, -0.15) is 0 Å². The van der Waals surface area contributed by atoms with Gasteiger partial charge in [0.25, 0.3) is 0 Å². The molecule has 0 spiro atoms. The highest BCUT2D eigenvalue weighted by Crippen LogP contribution is 2.42. The van der Waals surface area contributed by atoms with Crippen molar-refractivity contribution in [3.63, 3.8) is 0 Å². The van der Waals surface area contributed by atoms with E-state index in [-0.39, 0.29) is 0 Å². The third-order valence-electron chi connectivity index (χ3n) is 22.1.